The van der Waals surface area contributed by atoms with Gasteiger partial charge in [-0.1, -0.05) is 29.3 Å². The molecule has 0 aliphatic heterocycles. The maximum absolute atomic E-state index is 12.9. The summed E-state index contributed by atoms with van der Waals surface area (Å²) in [5, 5.41) is 11.4. The summed E-state index contributed by atoms with van der Waals surface area (Å²) in [6, 6.07) is 6.60. The van der Waals surface area contributed by atoms with E-state index in [0.717, 1.165) is 24.2 Å². The average molecular weight is 436 g/mol. The summed E-state index contributed by atoms with van der Waals surface area (Å²) in [4.78, 5) is 25.0. The van der Waals surface area contributed by atoms with Gasteiger partial charge in [-0.3, -0.25) is 14.9 Å². The van der Waals surface area contributed by atoms with E-state index in [-0.39, 0.29) is 26.8 Å². The average Bonchev–Trinajstić information content (AvgIpc) is 3.24. The van der Waals surface area contributed by atoms with Gasteiger partial charge in [0.05, 0.1) is 15.6 Å². The zero-order chi connectivity index (χ0) is 16.7. The molecule has 0 N–H and O–H groups in total. The first-order valence-corrected chi connectivity index (χ1v) is 8.98. The van der Waals surface area contributed by atoms with Gasteiger partial charge in [0.25, 0.3) is 11.6 Å². The first kappa shape index (κ1) is 16.7. The summed E-state index contributed by atoms with van der Waals surface area (Å²) in [5.74, 6) is -0.326. The number of nitro groups is 1. The minimum atomic E-state index is -0.594. The third kappa shape index (κ3) is 3.24. The fourth-order valence-electron chi connectivity index (χ4n) is 2.19. The van der Waals surface area contributed by atoms with E-state index in [1.807, 2.05) is 0 Å². The van der Waals surface area contributed by atoms with Crippen LogP contribution >= 0.6 is 50.5 Å². The van der Waals surface area contributed by atoms with Gasteiger partial charge < -0.3 is 4.90 Å². The van der Waals surface area contributed by atoms with E-state index in [1.54, 1.807) is 23.1 Å². The summed E-state index contributed by atoms with van der Waals surface area (Å²) in [7, 11) is 0. The van der Waals surface area contributed by atoms with Crippen molar-refractivity contribution in [1.29, 1.82) is 0 Å². The highest BCUT2D eigenvalue weighted by Crippen LogP contribution is 2.41. The second kappa shape index (κ2) is 6.39. The summed E-state index contributed by atoms with van der Waals surface area (Å²) in [5.41, 5.74) is 0.330. The molecule has 1 aliphatic rings. The number of nitrogens with zero attached hydrogens (tertiary/aromatic N) is 2. The lowest BCUT2D eigenvalue weighted by Gasteiger charge is -2.23. The van der Waals surface area contributed by atoms with E-state index in [1.165, 1.54) is 6.07 Å². The molecule has 1 aromatic carbocycles. The number of carbonyl (C=O) groups is 1. The number of hydrogen-bond acceptors (Lipinski definition) is 4. The van der Waals surface area contributed by atoms with Crippen LogP contribution in [0.15, 0.2) is 28.7 Å². The molecule has 0 bridgehead atoms. The molecule has 0 saturated heterocycles. The molecule has 1 aromatic heterocycles. The summed E-state index contributed by atoms with van der Waals surface area (Å²) >= 11 is 16.4. The van der Waals surface area contributed by atoms with Crippen molar-refractivity contribution in [2.24, 2.45) is 0 Å². The smallest absolute Gasteiger partial charge is 0.299 e. The fourth-order valence-corrected chi connectivity index (χ4v) is 3.92. The van der Waals surface area contributed by atoms with E-state index in [4.69, 9.17) is 23.2 Å². The predicted molar refractivity (Wildman–Crippen MR) is 95.0 cm³/mol. The Kier molecular flexibility index (Phi) is 4.64. The van der Waals surface area contributed by atoms with Crippen LogP contribution in [0.5, 0.6) is 0 Å². The molecule has 0 spiro atoms. The van der Waals surface area contributed by atoms with Gasteiger partial charge in [-0.25, -0.2) is 0 Å². The van der Waals surface area contributed by atoms with Crippen molar-refractivity contribution < 1.29 is 9.72 Å². The van der Waals surface area contributed by atoms with Gasteiger partial charge in [-0.2, -0.15) is 0 Å². The lowest BCUT2D eigenvalue weighted by atomic mass is 10.2. The first-order valence-electron chi connectivity index (χ1n) is 6.61. The quantitative estimate of drug-likeness (QED) is 0.468. The molecule has 0 atom stereocenters. The molecule has 3 rings (SSSR count). The molecule has 5 nitrogen and oxygen atoms in total. The summed E-state index contributed by atoms with van der Waals surface area (Å²) in [6.45, 7) is 0. The van der Waals surface area contributed by atoms with E-state index in [2.05, 4.69) is 15.9 Å². The summed E-state index contributed by atoms with van der Waals surface area (Å²) in [6.07, 6.45) is 1.74. The molecule has 1 saturated carbocycles. The number of amides is 1. The maximum atomic E-state index is 12.9. The number of halogens is 3. The number of benzene rings is 1. The van der Waals surface area contributed by atoms with E-state index in [0.29, 0.717) is 15.2 Å². The van der Waals surface area contributed by atoms with E-state index >= 15 is 0 Å². The van der Waals surface area contributed by atoms with Crippen LogP contribution in [0, 0.1) is 10.1 Å². The number of anilines is 1. The van der Waals surface area contributed by atoms with Gasteiger partial charge in [0.15, 0.2) is 4.34 Å². The Hall–Kier alpha value is -1.15. The number of rotatable bonds is 4. The van der Waals surface area contributed by atoms with Crippen LogP contribution in [0.25, 0.3) is 0 Å². The fraction of sp³-hybridized carbons (Fsp3) is 0.214. The van der Waals surface area contributed by atoms with E-state index in [9.17, 15) is 14.9 Å². The van der Waals surface area contributed by atoms with Crippen molar-refractivity contribution in [3.05, 3.63) is 53.1 Å². The van der Waals surface area contributed by atoms with Crippen molar-refractivity contribution in [2.75, 3.05) is 4.90 Å². The lowest BCUT2D eigenvalue weighted by Crippen LogP contribution is -2.32. The van der Waals surface area contributed by atoms with Crippen molar-refractivity contribution in [3.63, 3.8) is 0 Å². The van der Waals surface area contributed by atoms with Crippen LogP contribution in [-0.4, -0.2) is 16.9 Å². The molecule has 1 fully saturated rings. The Morgan fingerprint density at radius 3 is 2.65 bits per heavy atom. The summed E-state index contributed by atoms with van der Waals surface area (Å²) < 4.78 is 0.680. The molecule has 0 radical (unpaired) electrons. The maximum Gasteiger partial charge on any atom is 0.299 e. The molecule has 1 heterocycles. The molecule has 1 amide bonds. The first-order chi connectivity index (χ1) is 10.9. The second-order valence-electron chi connectivity index (χ2n) is 5.01. The van der Waals surface area contributed by atoms with Crippen molar-refractivity contribution in [3.8, 4) is 0 Å². The Balaban J connectivity index is 2.02. The van der Waals surface area contributed by atoms with Gasteiger partial charge in [-0.15, -0.1) is 11.3 Å². The van der Waals surface area contributed by atoms with Crippen molar-refractivity contribution in [2.45, 2.75) is 18.9 Å². The highest BCUT2D eigenvalue weighted by molar-refractivity contribution is 9.10. The molecular weight excluding hydrogens is 427 g/mol. The highest BCUT2D eigenvalue weighted by Gasteiger charge is 2.37. The second-order valence-corrected chi connectivity index (χ2v) is 7.89. The molecule has 9 heteroatoms. The van der Waals surface area contributed by atoms with Gasteiger partial charge in [0.1, 0.15) is 4.88 Å². The van der Waals surface area contributed by atoms with Gasteiger partial charge in [-0.05, 0) is 40.9 Å². The Morgan fingerprint density at radius 2 is 2.09 bits per heavy atom. The van der Waals surface area contributed by atoms with E-state index < -0.39 is 4.92 Å². The monoisotopic (exact) mass is 434 g/mol. The van der Waals surface area contributed by atoms with Gasteiger partial charge in [0.2, 0.25) is 0 Å². The topological polar surface area (TPSA) is 63.4 Å². The number of thiophene rings is 1. The number of hydrogen-bond donors (Lipinski definition) is 0. The Labute approximate surface area is 154 Å². The minimum Gasteiger partial charge on any atom is -0.303 e. The molecule has 23 heavy (non-hydrogen) atoms. The van der Waals surface area contributed by atoms with Crippen LogP contribution in [-0.2, 0) is 0 Å². The van der Waals surface area contributed by atoms with Crippen molar-refractivity contribution in [1.82, 2.24) is 0 Å². The largest absolute Gasteiger partial charge is 0.303 e. The van der Waals surface area contributed by atoms with Gasteiger partial charge in [0, 0.05) is 16.6 Å². The standard InChI is InChI=1S/C14H9BrCl2N2O3S/c15-8-2-1-3-9(12(8)16)18(7-4-5-7)14(20)11-6-10(19(21)22)13(17)23-11/h1-3,6-7H,4-5H2. The molecule has 0 unspecified atom stereocenters. The van der Waals surface area contributed by atoms with Gasteiger partial charge >= 0.3 is 0 Å². The molecule has 120 valence electrons. The molecule has 2 aromatic rings. The predicted octanol–water partition coefficient (Wildman–Crippen LogP) is 5.53. The van der Waals surface area contributed by atoms with Crippen LogP contribution in [0.2, 0.25) is 9.36 Å². The molecular formula is C14H9BrCl2N2O3S. The highest BCUT2D eigenvalue weighted by atomic mass is 79.9. The normalized spacial score (nSPS) is 13.9. The van der Waals surface area contributed by atoms with Crippen LogP contribution in [0.4, 0.5) is 11.4 Å². The third-order valence-electron chi connectivity index (χ3n) is 3.40. The van der Waals surface area contributed by atoms with Crippen LogP contribution in [0.3, 0.4) is 0 Å². The lowest BCUT2D eigenvalue weighted by molar-refractivity contribution is -0.384. The minimum absolute atomic E-state index is 0.00515. The zero-order valence-electron chi connectivity index (χ0n) is 11.5. The third-order valence-corrected chi connectivity index (χ3v) is 6.01. The van der Waals surface area contributed by atoms with Crippen LogP contribution < -0.4 is 4.90 Å². The van der Waals surface area contributed by atoms with Crippen LogP contribution in [0.1, 0.15) is 22.5 Å². The SMILES string of the molecule is O=C(c1cc([N+](=O)[O-])c(Cl)s1)N(c1cccc(Br)c1Cl)C1CC1. The number of carbonyl (C=O) groups excluding carboxylic acids is 1. The Bertz CT molecular complexity index is 807. The zero-order valence-corrected chi connectivity index (χ0v) is 15.4. The van der Waals surface area contributed by atoms with Crippen molar-refractivity contribution >= 4 is 67.8 Å². The Morgan fingerprint density at radius 1 is 1.39 bits per heavy atom. The molecule has 1 aliphatic carbocycles.